The van der Waals surface area contributed by atoms with E-state index in [0.29, 0.717) is 44.9 Å². The quantitative estimate of drug-likeness (QED) is 0.0939. The van der Waals surface area contributed by atoms with Crippen LogP contribution in [0.2, 0.25) is 0 Å². The topological polar surface area (TPSA) is 315 Å². The zero-order chi connectivity index (χ0) is 48.2. The second-order valence-corrected chi connectivity index (χ2v) is 22.1. The summed E-state index contributed by atoms with van der Waals surface area (Å²) in [4.78, 5) is 14.8. The zero-order valence-corrected chi connectivity index (χ0v) is 38.5. The first-order chi connectivity index (χ1) is 30.9. The summed E-state index contributed by atoms with van der Waals surface area (Å²) in [6, 6.07) is 0. The minimum atomic E-state index is -1.87. The molecular formula is C47H74O19. The van der Waals surface area contributed by atoms with Crippen molar-refractivity contribution < 1.29 is 94.5 Å². The van der Waals surface area contributed by atoms with E-state index < -0.39 is 134 Å². The molecule has 0 radical (unpaired) electrons. The van der Waals surface area contributed by atoms with E-state index in [0.717, 1.165) is 24.0 Å². The molecular weight excluding hydrogens is 868 g/mol. The molecule has 5 aliphatic carbocycles. The number of ether oxygens (including phenoxy) is 6. The average Bonchev–Trinajstić information content (AvgIpc) is 3.28. The fourth-order valence-electron chi connectivity index (χ4n) is 14.5. The van der Waals surface area contributed by atoms with Gasteiger partial charge < -0.3 is 89.7 Å². The Morgan fingerprint density at radius 2 is 1.41 bits per heavy atom. The highest BCUT2D eigenvalue weighted by Gasteiger charge is 2.70. The number of fused-ring (bicyclic) bond motifs is 7. The van der Waals surface area contributed by atoms with Crippen LogP contribution in [0.3, 0.4) is 0 Å². The third-order valence-corrected chi connectivity index (χ3v) is 18.8. The number of carbonyl (C=O) groups is 1. The summed E-state index contributed by atoms with van der Waals surface area (Å²) < 4.78 is 34.5. The highest BCUT2D eigenvalue weighted by molar-refractivity contribution is 5.79. The first-order valence-corrected chi connectivity index (χ1v) is 23.8. The van der Waals surface area contributed by atoms with Crippen LogP contribution in [0.4, 0.5) is 0 Å². The maximum Gasteiger partial charge on any atom is 0.315 e. The van der Waals surface area contributed by atoms with E-state index in [4.69, 9.17) is 28.4 Å². The second-order valence-electron chi connectivity index (χ2n) is 22.1. The van der Waals surface area contributed by atoms with Crippen LogP contribution in [0, 0.1) is 44.8 Å². The standard InChI is InChI=1S/C47H74O19/c1-20-9-12-47(14-13-45(5)22(23(47)15-20)7-8-28-43(3)16-24(50)38(59)44(4,19-49)27(43)10-11-46(28,45)6)42(60)66-41-35(57)32(54)30(52)26(64-41)18-61-39-36(58)33(55)37(25(17-48)63-39)65-40-34(56)31(53)29(51)21(2)62-40/h7,21,23-41,48-59H,1,8-19H2,2-6H3. The fourth-order valence-corrected chi connectivity index (χ4v) is 14.5. The number of hydrogen-bond acceptors (Lipinski definition) is 19. The molecule has 0 spiro atoms. The smallest absolute Gasteiger partial charge is 0.315 e. The van der Waals surface area contributed by atoms with Gasteiger partial charge in [-0.2, -0.15) is 0 Å². The van der Waals surface area contributed by atoms with Gasteiger partial charge in [-0.3, -0.25) is 4.79 Å². The van der Waals surface area contributed by atoms with Gasteiger partial charge in [0.25, 0.3) is 0 Å². The average molecular weight is 943 g/mol. The van der Waals surface area contributed by atoms with Gasteiger partial charge in [0.05, 0.1) is 43.5 Å². The predicted octanol–water partition coefficient (Wildman–Crippen LogP) is -1.36. The van der Waals surface area contributed by atoms with Crippen molar-refractivity contribution in [2.24, 2.45) is 44.8 Å². The normalized spacial score (nSPS) is 55.1. The maximum absolute atomic E-state index is 14.8. The molecule has 0 amide bonds. The van der Waals surface area contributed by atoms with Crippen molar-refractivity contribution >= 4 is 5.97 Å². The summed E-state index contributed by atoms with van der Waals surface area (Å²) in [7, 11) is 0. The Morgan fingerprint density at radius 1 is 0.758 bits per heavy atom. The molecule has 3 aliphatic heterocycles. The van der Waals surface area contributed by atoms with Gasteiger partial charge in [-0.15, -0.1) is 0 Å². The van der Waals surface area contributed by atoms with Gasteiger partial charge >= 0.3 is 5.97 Å². The SMILES string of the molecule is C=C1CCC2(C(=O)OC3OC(COC4OC(CO)C(OC5OC(C)C(O)C(O)C5O)C(O)C4O)C(O)C(O)C3O)CCC3(C)C(=CCC4C5(C)CC(O)C(O)C(C)(CO)C5CCC43C)C2C1. The third-order valence-electron chi connectivity index (χ3n) is 18.8. The van der Waals surface area contributed by atoms with Crippen molar-refractivity contribution in [1.29, 1.82) is 0 Å². The summed E-state index contributed by atoms with van der Waals surface area (Å²) in [5.74, 6) is -0.839. The highest BCUT2D eigenvalue weighted by Crippen LogP contribution is 2.75. The summed E-state index contributed by atoms with van der Waals surface area (Å²) in [6.45, 7) is 12.8. The van der Waals surface area contributed by atoms with Crippen molar-refractivity contribution in [3.05, 3.63) is 23.8 Å². The molecule has 66 heavy (non-hydrogen) atoms. The fraction of sp³-hybridized carbons (Fsp3) is 0.894. The minimum Gasteiger partial charge on any atom is -0.432 e. The second kappa shape index (κ2) is 18.1. The molecule has 0 aromatic rings. The molecule has 0 aromatic heterocycles. The number of allylic oxidation sites excluding steroid dienone is 3. The van der Waals surface area contributed by atoms with Crippen molar-refractivity contribution in [2.75, 3.05) is 19.8 Å². The zero-order valence-electron chi connectivity index (χ0n) is 38.5. The molecule has 19 heteroatoms. The summed E-state index contributed by atoms with van der Waals surface area (Å²) >= 11 is 0. The van der Waals surface area contributed by atoms with Gasteiger partial charge in [0, 0.05) is 11.3 Å². The molecule has 0 aromatic carbocycles. The van der Waals surface area contributed by atoms with E-state index in [1.165, 1.54) is 6.92 Å². The first-order valence-electron chi connectivity index (χ1n) is 23.8. The van der Waals surface area contributed by atoms with Crippen LogP contribution in [0.5, 0.6) is 0 Å². The van der Waals surface area contributed by atoms with Crippen LogP contribution in [-0.4, -0.2) is 191 Å². The molecule has 3 saturated heterocycles. The Kier molecular flexibility index (Phi) is 13.9. The number of aliphatic hydroxyl groups excluding tert-OH is 12. The molecule has 7 fully saturated rings. The Hall–Kier alpha value is -1.73. The van der Waals surface area contributed by atoms with Crippen LogP contribution in [0.15, 0.2) is 23.8 Å². The number of esters is 1. The van der Waals surface area contributed by atoms with Crippen LogP contribution in [-0.2, 0) is 33.2 Å². The van der Waals surface area contributed by atoms with Gasteiger partial charge in [-0.25, -0.2) is 0 Å². The minimum absolute atomic E-state index is 0.0197. The van der Waals surface area contributed by atoms with Gasteiger partial charge in [-0.05, 0) is 92.8 Å². The van der Waals surface area contributed by atoms with Crippen molar-refractivity contribution in [1.82, 2.24) is 0 Å². The number of carbonyl (C=O) groups excluding carboxylic acids is 1. The van der Waals surface area contributed by atoms with Gasteiger partial charge in [0.1, 0.15) is 67.1 Å². The van der Waals surface area contributed by atoms with E-state index in [1.54, 1.807) is 0 Å². The summed E-state index contributed by atoms with van der Waals surface area (Å²) in [5, 5.41) is 129. The Balaban J connectivity index is 0.971. The lowest BCUT2D eigenvalue weighted by molar-refractivity contribution is -0.361. The Labute approximate surface area is 384 Å². The van der Waals surface area contributed by atoms with E-state index in [-0.39, 0.29) is 40.6 Å². The number of hydrogen-bond donors (Lipinski definition) is 12. The molecule has 12 N–H and O–H groups in total. The molecule has 0 bridgehead atoms. The van der Waals surface area contributed by atoms with Crippen LogP contribution >= 0.6 is 0 Å². The molecule has 8 aliphatic rings. The van der Waals surface area contributed by atoms with Gasteiger partial charge in [-0.1, -0.05) is 51.5 Å². The van der Waals surface area contributed by atoms with E-state index in [1.807, 2.05) is 6.92 Å². The molecule has 25 unspecified atom stereocenters. The van der Waals surface area contributed by atoms with E-state index >= 15 is 0 Å². The molecule has 25 atom stereocenters. The largest absolute Gasteiger partial charge is 0.432 e. The molecule has 3 heterocycles. The van der Waals surface area contributed by atoms with Crippen LogP contribution in [0.1, 0.15) is 92.4 Å². The molecule has 4 saturated carbocycles. The van der Waals surface area contributed by atoms with Crippen molar-refractivity contribution in [3.8, 4) is 0 Å². The Bertz CT molecular complexity index is 1830. The summed E-state index contributed by atoms with van der Waals surface area (Å²) in [6.07, 6.45) is -18.9. The number of aliphatic hydroxyl groups is 12. The third kappa shape index (κ3) is 7.70. The lowest BCUT2D eigenvalue weighted by Gasteiger charge is -2.71. The maximum atomic E-state index is 14.8. The molecule has 19 nitrogen and oxygen atoms in total. The van der Waals surface area contributed by atoms with E-state index in [9.17, 15) is 66.1 Å². The van der Waals surface area contributed by atoms with Crippen molar-refractivity contribution in [3.63, 3.8) is 0 Å². The highest BCUT2D eigenvalue weighted by atomic mass is 16.8. The first kappa shape index (κ1) is 50.7. The molecule has 8 rings (SSSR count). The Morgan fingerprint density at radius 3 is 2.09 bits per heavy atom. The lowest BCUT2D eigenvalue weighted by atomic mass is 9.33. The molecule has 376 valence electrons. The van der Waals surface area contributed by atoms with Gasteiger partial charge in [0.2, 0.25) is 6.29 Å². The van der Waals surface area contributed by atoms with Crippen LogP contribution in [0.25, 0.3) is 0 Å². The van der Waals surface area contributed by atoms with Crippen LogP contribution < -0.4 is 0 Å². The van der Waals surface area contributed by atoms with E-state index in [2.05, 4.69) is 33.4 Å². The van der Waals surface area contributed by atoms with Gasteiger partial charge in [0.15, 0.2) is 12.6 Å². The van der Waals surface area contributed by atoms with Crippen molar-refractivity contribution in [2.45, 2.75) is 197 Å². The monoisotopic (exact) mass is 942 g/mol. The number of rotatable bonds is 9. The summed E-state index contributed by atoms with van der Waals surface area (Å²) in [5.41, 5.74) is -0.784. The predicted molar refractivity (Wildman–Crippen MR) is 227 cm³/mol. The lowest BCUT2D eigenvalue weighted by Crippen LogP contribution is -2.68.